The van der Waals surface area contributed by atoms with E-state index in [0.29, 0.717) is 6.54 Å². The maximum Gasteiger partial charge on any atom is 0.225 e. The first kappa shape index (κ1) is 13.5. The highest BCUT2D eigenvalue weighted by atomic mass is 32.1. The van der Waals surface area contributed by atoms with E-state index in [9.17, 15) is 9.90 Å². The van der Waals surface area contributed by atoms with Gasteiger partial charge in [-0.1, -0.05) is 19.3 Å². The summed E-state index contributed by atoms with van der Waals surface area (Å²) in [4.78, 5) is 17.9. The molecule has 0 bridgehead atoms. The van der Waals surface area contributed by atoms with E-state index in [1.165, 1.54) is 6.42 Å². The Morgan fingerprint density at radius 2 is 2.22 bits per heavy atom. The Morgan fingerprint density at radius 1 is 1.50 bits per heavy atom. The predicted molar refractivity (Wildman–Crippen MR) is 71.2 cm³/mol. The molecule has 1 fully saturated rings. The monoisotopic (exact) mass is 268 g/mol. The molecule has 1 aromatic rings. The molecule has 0 atom stereocenters. The summed E-state index contributed by atoms with van der Waals surface area (Å²) < 4.78 is 0. The second-order valence-corrected chi connectivity index (χ2v) is 6.12. The highest BCUT2D eigenvalue weighted by molar-refractivity contribution is 7.09. The number of thiazole rings is 1. The number of carbonyl (C=O) groups is 1. The molecule has 1 aliphatic carbocycles. The summed E-state index contributed by atoms with van der Waals surface area (Å²) in [6.07, 6.45) is 6.72. The van der Waals surface area contributed by atoms with Gasteiger partial charge >= 0.3 is 0 Å². The number of amides is 1. The fourth-order valence-electron chi connectivity index (χ4n) is 2.43. The standard InChI is InChI=1S/C13H20N2O2S/c1-15(10-11-14-7-8-18-11)12(16)9-13(17)5-3-2-4-6-13/h7-8,17H,2-6,9-10H2,1H3. The zero-order valence-electron chi connectivity index (χ0n) is 10.8. The van der Waals surface area contributed by atoms with Gasteiger partial charge < -0.3 is 10.0 Å². The highest BCUT2D eigenvalue weighted by Crippen LogP contribution is 2.31. The average Bonchev–Trinajstić information content (AvgIpc) is 2.82. The summed E-state index contributed by atoms with van der Waals surface area (Å²) in [5.74, 6) is 0.00889. The van der Waals surface area contributed by atoms with Gasteiger partial charge in [0.2, 0.25) is 5.91 Å². The van der Waals surface area contributed by atoms with E-state index in [0.717, 1.165) is 30.7 Å². The van der Waals surface area contributed by atoms with Gasteiger partial charge in [0.1, 0.15) is 5.01 Å². The minimum absolute atomic E-state index is 0.00889. The molecule has 1 aromatic heterocycles. The first-order chi connectivity index (χ1) is 8.59. The molecule has 1 N–H and O–H groups in total. The largest absolute Gasteiger partial charge is 0.389 e. The van der Waals surface area contributed by atoms with Crippen molar-refractivity contribution in [2.45, 2.75) is 50.7 Å². The number of carbonyl (C=O) groups excluding carboxylic acids is 1. The van der Waals surface area contributed by atoms with Crippen LogP contribution in [0, 0.1) is 0 Å². The maximum atomic E-state index is 12.1. The van der Waals surface area contributed by atoms with Gasteiger partial charge in [-0.3, -0.25) is 4.79 Å². The second kappa shape index (κ2) is 5.80. The SMILES string of the molecule is CN(Cc1nccs1)C(=O)CC1(O)CCCCC1. The predicted octanol–water partition coefficient (Wildman–Crippen LogP) is 2.19. The van der Waals surface area contributed by atoms with Gasteiger partial charge in [0.25, 0.3) is 0 Å². The molecular weight excluding hydrogens is 248 g/mol. The van der Waals surface area contributed by atoms with Crippen molar-refractivity contribution in [3.8, 4) is 0 Å². The summed E-state index contributed by atoms with van der Waals surface area (Å²) in [5, 5.41) is 13.2. The van der Waals surface area contributed by atoms with Crippen molar-refractivity contribution in [2.75, 3.05) is 7.05 Å². The van der Waals surface area contributed by atoms with E-state index >= 15 is 0 Å². The van der Waals surface area contributed by atoms with E-state index in [2.05, 4.69) is 4.98 Å². The lowest BCUT2D eigenvalue weighted by molar-refractivity contribution is -0.137. The summed E-state index contributed by atoms with van der Waals surface area (Å²) in [5.41, 5.74) is -0.771. The minimum atomic E-state index is -0.771. The Labute approximate surface area is 112 Å². The molecule has 5 heteroatoms. The lowest BCUT2D eigenvalue weighted by Gasteiger charge is -2.32. The number of nitrogens with zero attached hydrogens (tertiary/aromatic N) is 2. The van der Waals surface area contributed by atoms with Crippen molar-refractivity contribution in [1.29, 1.82) is 0 Å². The Morgan fingerprint density at radius 3 is 2.83 bits per heavy atom. The third kappa shape index (κ3) is 3.53. The zero-order valence-corrected chi connectivity index (χ0v) is 11.6. The third-order valence-corrected chi connectivity index (χ3v) is 4.31. The number of aromatic nitrogens is 1. The van der Waals surface area contributed by atoms with Gasteiger partial charge in [-0.2, -0.15) is 0 Å². The lowest BCUT2D eigenvalue weighted by atomic mass is 9.82. The molecule has 2 rings (SSSR count). The molecule has 0 saturated heterocycles. The lowest BCUT2D eigenvalue weighted by Crippen LogP contribution is -2.39. The number of hydrogen-bond donors (Lipinski definition) is 1. The number of rotatable bonds is 4. The summed E-state index contributed by atoms with van der Waals surface area (Å²) in [7, 11) is 1.77. The fraction of sp³-hybridized carbons (Fsp3) is 0.692. The van der Waals surface area contributed by atoms with Crippen LogP contribution in [0.5, 0.6) is 0 Å². The maximum absolute atomic E-state index is 12.1. The van der Waals surface area contributed by atoms with Crippen LogP contribution in [0.2, 0.25) is 0 Å². The molecule has 4 nitrogen and oxygen atoms in total. The van der Waals surface area contributed by atoms with Gasteiger partial charge in [-0.25, -0.2) is 4.98 Å². The van der Waals surface area contributed by atoms with Crippen molar-refractivity contribution >= 4 is 17.2 Å². The second-order valence-electron chi connectivity index (χ2n) is 5.14. The third-order valence-electron chi connectivity index (χ3n) is 3.55. The first-order valence-electron chi connectivity index (χ1n) is 6.44. The van der Waals surface area contributed by atoms with Crippen molar-refractivity contribution < 1.29 is 9.90 Å². The smallest absolute Gasteiger partial charge is 0.225 e. The normalized spacial score (nSPS) is 18.6. The molecule has 0 unspecified atom stereocenters. The van der Waals surface area contributed by atoms with E-state index in [4.69, 9.17) is 0 Å². The van der Waals surface area contributed by atoms with Gasteiger partial charge in [-0.15, -0.1) is 11.3 Å². The van der Waals surface area contributed by atoms with Crippen molar-refractivity contribution in [3.05, 3.63) is 16.6 Å². The van der Waals surface area contributed by atoms with Gasteiger partial charge in [0.15, 0.2) is 0 Å². The Bertz CT molecular complexity index is 386. The van der Waals surface area contributed by atoms with Crippen LogP contribution in [0.15, 0.2) is 11.6 Å². The van der Waals surface area contributed by atoms with Crippen molar-refractivity contribution in [3.63, 3.8) is 0 Å². The molecule has 0 aromatic carbocycles. The van der Waals surface area contributed by atoms with Crippen LogP contribution in [0.1, 0.15) is 43.5 Å². The Kier molecular flexibility index (Phi) is 4.35. The molecule has 0 radical (unpaired) electrons. The van der Waals surface area contributed by atoms with Gasteiger partial charge in [-0.05, 0) is 12.8 Å². The topological polar surface area (TPSA) is 53.4 Å². The van der Waals surface area contributed by atoms with Gasteiger partial charge in [0, 0.05) is 18.6 Å². The van der Waals surface area contributed by atoms with E-state index in [1.807, 2.05) is 5.38 Å². The van der Waals surface area contributed by atoms with Crippen LogP contribution in [-0.2, 0) is 11.3 Å². The first-order valence-corrected chi connectivity index (χ1v) is 7.32. The molecule has 18 heavy (non-hydrogen) atoms. The zero-order chi connectivity index (χ0) is 13.0. The Balaban J connectivity index is 1.86. The number of aliphatic hydroxyl groups is 1. The van der Waals surface area contributed by atoms with Crippen molar-refractivity contribution in [1.82, 2.24) is 9.88 Å². The molecule has 0 spiro atoms. The van der Waals surface area contributed by atoms with Crippen LogP contribution in [-0.4, -0.2) is 33.5 Å². The minimum Gasteiger partial charge on any atom is -0.389 e. The molecule has 0 aliphatic heterocycles. The van der Waals surface area contributed by atoms with Crippen molar-refractivity contribution in [2.24, 2.45) is 0 Å². The van der Waals surface area contributed by atoms with E-state index in [-0.39, 0.29) is 12.3 Å². The van der Waals surface area contributed by atoms with Crippen LogP contribution in [0.25, 0.3) is 0 Å². The summed E-state index contributed by atoms with van der Waals surface area (Å²) in [6, 6.07) is 0. The Hall–Kier alpha value is -0.940. The molecule has 1 heterocycles. The molecule has 1 saturated carbocycles. The van der Waals surface area contributed by atoms with Crippen LogP contribution >= 0.6 is 11.3 Å². The van der Waals surface area contributed by atoms with Crippen LogP contribution < -0.4 is 0 Å². The molecule has 1 aliphatic rings. The average molecular weight is 268 g/mol. The summed E-state index contributed by atoms with van der Waals surface area (Å²) >= 11 is 1.55. The van der Waals surface area contributed by atoms with E-state index in [1.54, 1.807) is 29.5 Å². The summed E-state index contributed by atoms with van der Waals surface area (Å²) in [6.45, 7) is 0.534. The molecular formula is C13H20N2O2S. The van der Waals surface area contributed by atoms with Crippen LogP contribution in [0.4, 0.5) is 0 Å². The van der Waals surface area contributed by atoms with Gasteiger partial charge in [0.05, 0.1) is 18.6 Å². The number of hydrogen-bond acceptors (Lipinski definition) is 4. The van der Waals surface area contributed by atoms with Crippen LogP contribution in [0.3, 0.4) is 0 Å². The fourth-order valence-corrected chi connectivity index (χ4v) is 3.09. The quantitative estimate of drug-likeness (QED) is 0.910. The molecule has 1 amide bonds. The highest BCUT2D eigenvalue weighted by Gasteiger charge is 2.32. The molecule has 100 valence electrons. The van der Waals surface area contributed by atoms with E-state index < -0.39 is 5.60 Å².